The van der Waals surface area contributed by atoms with Crippen molar-refractivity contribution in [3.8, 4) is 0 Å². The molecule has 0 unspecified atom stereocenters. The minimum absolute atomic E-state index is 0.0345. The molecule has 3 aromatic rings. The van der Waals surface area contributed by atoms with E-state index < -0.39 is 0 Å². The molecule has 1 atom stereocenters. The summed E-state index contributed by atoms with van der Waals surface area (Å²) in [4.78, 5) is 12.8. The fraction of sp³-hybridized carbons (Fsp3) is 0.208. The van der Waals surface area contributed by atoms with Crippen LogP contribution in [0.2, 0.25) is 0 Å². The van der Waals surface area contributed by atoms with Crippen molar-refractivity contribution >= 4 is 5.91 Å². The van der Waals surface area contributed by atoms with E-state index in [-0.39, 0.29) is 11.9 Å². The smallest absolute Gasteiger partial charge is 0.225 e. The van der Waals surface area contributed by atoms with Gasteiger partial charge in [0.2, 0.25) is 5.91 Å². The number of carbonyl (C=O) groups is 1. The highest BCUT2D eigenvalue weighted by molar-refractivity contribution is 5.80. The molecule has 0 aromatic heterocycles. The van der Waals surface area contributed by atoms with Gasteiger partial charge in [0.1, 0.15) is 0 Å². The molecular formula is C24H25NO. The van der Waals surface area contributed by atoms with E-state index in [4.69, 9.17) is 0 Å². The Morgan fingerprint density at radius 3 is 2.19 bits per heavy atom. The highest BCUT2D eigenvalue weighted by Gasteiger charge is 2.17. The number of amides is 1. The molecule has 0 bridgehead atoms. The molecule has 0 radical (unpaired) electrons. The van der Waals surface area contributed by atoms with Gasteiger partial charge in [0.25, 0.3) is 0 Å². The van der Waals surface area contributed by atoms with Gasteiger partial charge in [-0.15, -0.1) is 0 Å². The van der Waals surface area contributed by atoms with Crippen molar-refractivity contribution in [3.05, 3.63) is 106 Å². The molecule has 26 heavy (non-hydrogen) atoms. The highest BCUT2D eigenvalue weighted by Crippen LogP contribution is 2.23. The Hall–Kier alpha value is -2.87. The third-order valence-electron chi connectivity index (χ3n) is 4.66. The second-order valence-corrected chi connectivity index (χ2v) is 6.93. The predicted molar refractivity (Wildman–Crippen MR) is 107 cm³/mol. The van der Waals surface area contributed by atoms with Crippen molar-refractivity contribution in [3.63, 3.8) is 0 Å². The second kappa shape index (κ2) is 8.01. The molecule has 3 aromatic carbocycles. The van der Waals surface area contributed by atoms with E-state index in [2.05, 4.69) is 74.6 Å². The Labute approximate surface area is 155 Å². The first-order valence-corrected chi connectivity index (χ1v) is 9.00. The van der Waals surface area contributed by atoms with E-state index in [0.717, 1.165) is 22.3 Å². The lowest BCUT2D eigenvalue weighted by molar-refractivity contribution is -0.120. The second-order valence-electron chi connectivity index (χ2n) is 6.93. The number of nitrogens with one attached hydrogen (secondary N) is 1. The fourth-order valence-electron chi connectivity index (χ4n) is 3.28. The number of aryl methyl sites for hydroxylation is 3. The first kappa shape index (κ1) is 17.9. The van der Waals surface area contributed by atoms with Gasteiger partial charge in [-0.05, 0) is 43.0 Å². The molecule has 1 amide bonds. The van der Waals surface area contributed by atoms with Crippen LogP contribution in [0.5, 0.6) is 0 Å². The summed E-state index contributed by atoms with van der Waals surface area (Å²) < 4.78 is 0. The average molecular weight is 343 g/mol. The predicted octanol–water partition coefficient (Wildman–Crippen LogP) is 5.06. The molecule has 3 rings (SSSR count). The van der Waals surface area contributed by atoms with Gasteiger partial charge < -0.3 is 5.32 Å². The number of benzene rings is 3. The maximum absolute atomic E-state index is 12.8. The summed E-state index contributed by atoms with van der Waals surface area (Å²) in [7, 11) is 0. The highest BCUT2D eigenvalue weighted by atomic mass is 16.1. The minimum atomic E-state index is -0.144. The normalized spacial score (nSPS) is 11.8. The Bertz CT molecular complexity index is 899. The van der Waals surface area contributed by atoms with E-state index in [1.165, 1.54) is 11.1 Å². The Morgan fingerprint density at radius 2 is 1.50 bits per heavy atom. The van der Waals surface area contributed by atoms with Gasteiger partial charge >= 0.3 is 0 Å². The summed E-state index contributed by atoms with van der Waals surface area (Å²) in [6, 6.07) is 24.5. The molecule has 1 N–H and O–H groups in total. The molecule has 0 aliphatic carbocycles. The first-order chi connectivity index (χ1) is 12.5. The molecule has 0 aliphatic rings. The minimum Gasteiger partial charge on any atom is -0.345 e. The summed E-state index contributed by atoms with van der Waals surface area (Å²) in [6.45, 7) is 6.20. The van der Waals surface area contributed by atoms with E-state index in [1.54, 1.807) is 0 Å². The van der Waals surface area contributed by atoms with Gasteiger partial charge in [-0.25, -0.2) is 0 Å². The summed E-state index contributed by atoms with van der Waals surface area (Å²) in [6.07, 6.45) is 0.390. The van der Waals surface area contributed by atoms with Gasteiger partial charge in [-0.1, -0.05) is 83.9 Å². The average Bonchev–Trinajstić information content (AvgIpc) is 2.63. The van der Waals surface area contributed by atoms with Gasteiger partial charge in [0.15, 0.2) is 0 Å². The van der Waals surface area contributed by atoms with Gasteiger partial charge in [-0.2, -0.15) is 0 Å². The SMILES string of the molecule is Cc1cccc([C@@H](NC(=O)Cc2ccc(C)cc2C)c2ccccc2)c1. The van der Waals surface area contributed by atoms with E-state index in [0.29, 0.717) is 6.42 Å². The zero-order chi connectivity index (χ0) is 18.5. The molecule has 0 spiro atoms. The van der Waals surface area contributed by atoms with Crippen molar-refractivity contribution in [2.45, 2.75) is 33.2 Å². The van der Waals surface area contributed by atoms with Crippen LogP contribution < -0.4 is 5.32 Å². The van der Waals surface area contributed by atoms with Crippen LogP contribution in [0, 0.1) is 20.8 Å². The van der Waals surface area contributed by atoms with Crippen LogP contribution in [-0.4, -0.2) is 5.91 Å². The zero-order valence-corrected chi connectivity index (χ0v) is 15.6. The molecule has 2 heteroatoms. The number of hydrogen-bond donors (Lipinski definition) is 1. The van der Waals surface area contributed by atoms with E-state index >= 15 is 0 Å². The Balaban J connectivity index is 1.85. The van der Waals surface area contributed by atoms with Crippen LogP contribution in [0.4, 0.5) is 0 Å². The van der Waals surface area contributed by atoms with Crippen LogP contribution in [-0.2, 0) is 11.2 Å². The van der Waals surface area contributed by atoms with Crippen molar-refractivity contribution < 1.29 is 4.79 Å². The third kappa shape index (κ3) is 4.40. The van der Waals surface area contributed by atoms with Crippen molar-refractivity contribution in [2.24, 2.45) is 0 Å². The summed E-state index contributed by atoms with van der Waals surface area (Å²) in [5.74, 6) is 0.0345. The van der Waals surface area contributed by atoms with Gasteiger partial charge in [-0.3, -0.25) is 4.79 Å². The first-order valence-electron chi connectivity index (χ1n) is 9.00. The molecular weight excluding hydrogens is 318 g/mol. The van der Waals surface area contributed by atoms with Crippen molar-refractivity contribution in [1.82, 2.24) is 5.32 Å². The third-order valence-corrected chi connectivity index (χ3v) is 4.66. The topological polar surface area (TPSA) is 29.1 Å². The van der Waals surface area contributed by atoms with Crippen LogP contribution in [0.15, 0.2) is 72.8 Å². The Morgan fingerprint density at radius 1 is 0.808 bits per heavy atom. The summed E-state index contributed by atoms with van der Waals surface area (Å²) in [5, 5.41) is 3.23. The molecule has 132 valence electrons. The lowest BCUT2D eigenvalue weighted by atomic mass is 9.96. The molecule has 2 nitrogen and oxygen atoms in total. The standard InChI is InChI=1S/C24H25NO/c1-17-8-7-11-22(15-17)24(20-9-5-4-6-10-20)25-23(26)16-21-13-12-18(2)14-19(21)3/h4-15,24H,16H2,1-3H3,(H,25,26)/t24-/m0/s1. The van der Waals surface area contributed by atoms with Gasteiger partial charge in [0, 0.05) is 0 Å². The summed E-state index contributed by atoms with van der Waals surface area (Å²) >= 11 is 0. The van der Waals surface area contributed by atoms with E-state index in [9.17, 15) is 4.79 Å². The molecule has 0 fully saturated rings. The monoisotopic (exact) mass is 343 g/mol. The van der Waals surface area contributed by atoms with Gasteiger partial charge in [0.05, 0.1) is 12.5 Å². The number of hydrogen-bond acceptors (Lipinski definition) is 1. The van der Waals surface area contributed by atoms with Crippen LogP contribution in [0.25, 0.3) is 0 Å². The van der Waals surface area contributed by atoms with Crippen LogP contribution in [0.1, 0.15) is 39.4 Å². The molecule has 0 saturated carbocycles. The molecule has 0 heterocycles. The summed E-state index contributed by atoms with van der Waals surface area (Å²) in [5.41, 5.74) is 6.83. The quantitative estimate of drug-likeness (QED) is 0.689. The largest absolute Gasteiger partial charge is 0.345 e. The van der Waals surface area contributed by atoms with Crippen LogP contribution in [0.3, 0.4) is 0 Å². The lowest BCUT2D eigenvalue weighted by Gasteiger charge is -2.21. The van der Waals surface area contributed by atoms with Crippen molar-refractivity contribution in [1.29, 1.82) is 0 Å². The van der Waals surface area contributed by atoms with Crippen molar-refractivity contribution in [2.75, 3.05) is 0 Å². The number of rotatable bonds is 5. The lowest BCUT2D eigenvalue weighted by Crippen LogP contribution is -2.30. The molecule has 0 aliphatic heterocycles. The number of carbonyl (C=O) groups excluding carboxylic acids is 1. The maximum atomic E-state index is 12.8. The Kier molecular flexibility index (Phi) is 5.52. The fourth-order valence-corrected chi connectivity index (χ4v) is 3.28. The van der Waals surface area contributed by atoms with Crippen LogP contribution >= 0.6 is 0 Å². The van der Waals surface area contributed by atoms with E-state index in [1.807, 2.05) is 24.3 Å². The zero-order valence-electron chi connectivity index (χ0n) is 15.6. The molecule has 0 saturated heterocycles. The maximum Gasteiger partial charge on any atom is 0.225 e.